The van der Waals surface area contributed by atoms with Gasteiger partial charge in [0.25, 0.3) is 17.7 Å². The van der Waals surface area contributed by atoms with Crippen LogP contribution in [0.2, 0.25) is 0 Å². The van der Waals surface area contributed by atoms with Crippen LogP contribution in [-0.4, -0.2) is 48.5 Å². The van der Waals surface area contributed by atoms with Crippen molar-refractivity contribution in [2.75, 3.05) is 25.1 Å². The van der Waals surface area contributed by atoms with Gasteiger partial charge in [-0.25, -0.2) is 0 Å². The average Bonchev–Trinajstić information content (AvgIpc) is 3.48. The summed E-state index contributed by atoms with van der Waals surface area (Å²) in [5, 5.41) is 2.80. The second-order valence-electron chi connectivity index (χ2n) is 9.30. The van der Waals surface area contributed by atoms with E-state index in [0.717, 1.165) is 24.0 Å². The van der Waals surface area contributed by atoms with E-state index in [-0.39, 0.29) is 37.0 Å². The van der Waals surface area contributed by atoms with Crippen LogP contribution in [0.3, 0.4) is 0 Å². The summed E-state index contributed by atoms with van der Waals surface area (Å²) in [4.78, 5) is 39.1. The minimum Gasteiger partial charge on any atom is -0.483 e. The molecule has 1 unspecified atom stereocenters. The van der Waals surface area contributed by atoms with Gasteiger partial charge in [0.05, 0.1) is 23.8 Å². The van der Waals surface area contributed by atoms with E-state index >= 15 is 0 Å². The number of nitrogens with one attached hydrogen (secondary N) is 1. The highest BCUT2D eigenvalue weighted by Gasteiger charge is 2.37. The molecule has 8 heteroatoms. The van der Waals surface area contributed by atoms with Crippen molar-refractivity contribution in [1.82, 2.24) is 4.90 Å². The van der Waals surface area contributed by atoms with E-state index < -0.39 is 0 Å². The molecule has 0 aromatic heterocycles. The van der Waals surface area contributed by atoms with Crippen LogP contribution in [-0.2, 0) is 9.53 Å². The Morgan fingerprint density at radius 1 is 0.973 bits per heavy atom. The van der Waals surface area contributed by atoms with E-state index in [9.17, 15) is 14.4 Å². The largest absolute Gasteiger partial charge is 0.483 e. The van der Waals surface area contributed by atoms with Crippen LogP contribution in [0.25, 0.3) is 0 Å². The molecule has 0 spiro atoms. The maximum absolute atomic E-state index is 12.9. The zero-order valence-electron chi connectivity index (χ0n) is 20.8. The van der Waals surface area contributed by atoms with Crippen molar-refractivity contribution in [2.24, 2.45) is 0 Å². The molecular formula is C29H28N2O6. The lowest BCUT2D eigenvalue weighted by molar-refractivity contribution is -0.118. The van der Waals surface area contributed by atoms with Gasteiger partial charge in [0, 0.05) is 12.3 Å². The molecule has 1 fully saturated rings. The van der Waals surface area contributed by atoms with Gasteiger partial charge in [0.1, 0.15) is 17.2 Å². The third-order valence-electron chi connectivity index (χ3n) is 6.42. The molecule has 8 nitrogen and oxygen atoms in total. The second kappa shape index (κ2) is 10.4. The fraction of sp³-hybridized carbons (Fsp3) is 0.276. The first-order valence-electron chi connectivity index (χ1n) is 12.3. The molecule has 3 aromatic rings. The average molecular weight is 501 g/mol. The number of aryl methyl sites for hydroxylation is 2. The highest BCUT2D eigenvalue weighted by molar-refractivity contribution is 6.21. The number of imide groups is 1. The summed E-state index contributed by atoms with van der Waals surface area (Å²) in [6.07, 6.45) is 1.68. The normalized spacial score (nSPS) is 16.6. The van der Waals surface area contributed by atoms with Crippen molar-refractivity contribution in [3.63, 3.8) is 0 Å². The monoisotopic (exact) mass is 500 g/mol. The van der Waals surface area contributed by atoms with Gasteiger partial charge < -0.3 is 19.5 Å². The highest BCUT2D eigenvalue weighted by atomic mass is 16.5. The van der Waals surface area contributed by atoms with Crippen LogP contribution in [0, 0.1) is 13.8 Å². The predicted octanol–water partition coefficient (Wildman–Crippen LogP) is 4.89. The van der Waals surface area contributed by atoms with Crippen LogP contribution in [0.15, 0.2) is 60.7 Å². The summed E-state index contributed by atoms with van der Waals surface area (Å²) in [5.74, 6) is 0.734. The molecule has 0 radical (unpaired) electrons. The van der Waals surface area contributed by atoms with Crippen LogP contribution in [0.4, 0.5) is 5.69 Å². The number of hydrogen-bond acceptors (Lipinski definition) is 6. The molecule has 1 atom stereocenters. The molecular weight excluding hydrogens is 472 g/mol. The lowest BCUT2D eigenvalue weighted by Crippen LogP contribution is -2.36. The summed E-state index contributed by atoms with van der Waals surface area (Å²) in [6, 6.07) is 17.5. The Morgan fingerprint density at radius 2 is 1.73 bits per heavy atom. The number of carbonyl (C=O) groups is 3. The number of benzene rings is 3. The van der Waals surface area contributed by atoms with Crippen molar-refractivity contribution >= 4 is 23.4 Å². The van der Waals surface area contributed by atoms with Gasteiger partial charge in [0.2, 0.25) is 0 Å². The van der Waals surface area contributed by atoms with Crippen molar-refractivity contribution in [3.05, 3.63) is 82.9 Å². The predicted molar refractivity (Wildman–Crippen MR) is 137 cm³/mol. The zero-order valence-corrected chi connectivity index (χ0v) is 20.8. The van der Waals surface area contributed by atoms with E-state index in [2.05, 4.69) is 5.32 Å². The Balaban J connectivity index is 1.17. The van der Waals surface area contributed by atoms with E-state index in [1.165, 1.54) is 4.90 Å². The summed E-state index contributed by atoms with van der Waals surface area (Å²) in [6.45, 7) is 4.77. The first-order chi connectivity index (χ1) is 17.9. The van der Waals surface area contributed by atoms with Crippen LogP contribution in [0.1, 0.15) is 44.7 Å². The molecule has 37 heavy (non-hydrogen) atoms. The maximum atomic E-state index is 12.9. The molecule has 0 saturated carbocycles. The van der Waals surface area contributed by atoms with E-state index in [0.29, 0.717) is 40.7 Å². The van der Waals surface area contributed by atoms with Crippen molar-refractivity contribution < 1.29 is 28.6 Å². The number of fused-ring (bicyclic) bond motifs is 1. The van der Waals surface area contributed by atoms with Crippen molar-refractivity contribution in [1.29, 1.82) is 0 Å². The lowest BCUT2D eigenvalue weighted by Gasteiger charge is -2.17. The number of nitrogens with zero attached hydrogens (tertiary/aromatic N) is 1. The van der Waals surface area contributed by atoms with Gasteiger partial charge in [-0.2, -0.15) is 0 Å². The molecule has 1 saturated heterocycles. The molecule has 190 valence electrons. The zero-order chi connectivity index (χ0) is 25.9. The van der Waals surface area contributed by atoms with E-state index in [4.69, 9.17) is 14.2 Å². The Kier molecular flexibility index (Phi) is 6.92. The number of ether oxygens (including phenoxy) is 3. The third kappa shape index (κ3) is 5.49. The quantitative estimate of drug-likeness (QED) is 0.443. The Hall–Kier alpha value is -4.17. The van der Waals surface area contributed by atoms with Crippen LogP contribution >= 0.6 is 0 Å². The molecule has 3 amide bonds. The number of carbonyl (C=O) groups excluding carboxylic acids is 3. The maximum Gasteiger partial charge on any atom is 0.262 e. The summed E-state index contributed by atoms with van der Waals surface area (Å²) in [7, 11) is 0. The minimum atomic E-state index is -0.331. The van der Waals surface area contributed by atoms with Gasteiger partial charge in [-0.15, -0.1) is 0 Å². The summed E-state index contributed by atoms with van der Waals surface area (Å²) >= 11 is 0. The highest BCUT2D eigenvalue weighted by Crippen LogP contribution is 2.31. The minimum absolute atomic E-state index is 0.102. The van der Waals surface area contributed by atoms with Crippen LogP contribution < -0.4 is 14.8 Å². The van der Waals surface area contributed by atoms with Gasteiger partial charge >= 0.3 is 0 Å². The SMILES string of the molecule is Cc1ccc(OCC(=O)Nc2ccc(Oc3ccc4c(c3)C(=O)N(CC3CCCO3)C4=O)cc2)c(C)c1. The molecule has 3 aromatic carbocycles. The Labute approximate surface area is 215 Å². The van der Waals surface area contributed by atoms with Crippen LogP contribution in [0.5, 0.6) is 17.2 Å². The molecule has 2 aliphatic rings. The smallest absolute Gasteiger partial charge is 0.262 e. The summed E-state index contributed by atoms with van der Waals surface area (Å²) in [5.41, 5.74) is 3.40. The molecule has 0 bridgehead atoms. The molecule has 2 aliphatic heterocycles. The van der Waals surface area contributed by atoms with Gasteiger partial charge in [0.15, 0.2) is 6.61 Å². The van der Waals surface area contributed by atoms with Gasteiger partial charge in [-0.3, -0.25) is 19.3 Å². The number of amides is 3. The first-order valence-corrected chi connectivity index (χ1v) is 12.3. The topological polar surface area (TPSA) is 94.2 Å². The number of hydrogen-bond donors (Lipinski definition) is 1. The second-order valence-corrected chi connectivity index (χ2v) is 9.30. The molecule has 0 aliphatic carbocycles. The third-order valence-corrected chi connectivity index (χ3v) is 6.42. The van der Waals surface area contributed by atoms with Gasteiger partial charge in [-0.1, -0.05) is 17.7 Å². The van der Waals surface area contributed by atoms with E-state index in [1.807, 2.05) is 32.0 Å². The Morgan fingerprint density at radius 3 is 2.46 bits per heavy atom. The Bertz CT molecular complexity index is 1350. The van der Waals surface area contributed by atoms with Crippen molar-refractivity contribution in [2.45, 2.75) is 32.8 Å². The summed E-state index contributed by atoms with van der Waals surface area (Å²) < 4.78 is 17.1. The molecule has 5 rings (SSSR count). The standard InChI is InChI=1S/C29H28N2O6/c1-18-5-12-26(19(2)14-18)36-17-27(32)30-20-6-8-21(9-7-20)37-22-10-11-24-25(15-22)29(34)31(28(24)33)16-23-4-3-13-35-23/h5-12,14-15,23H,3-4,13,16-17H2,1-2H3,(H,30,32). The lowest BCUT2D eigenvalue weighted by atomic mass is 10.1. The number of anilines is 1. The fourth-order valence-corrected chi connectivity index (χ4v) is 4.54. The molecule has 2 heterocycles. The van der Waals surface area contributed by atoms with E-state index in [1.54, 1.807) is 42.5 Å². The first kappa shape index (κ1) is 24.5. The van der Waals surface area contributed by atoms with Gasteiger partial charge in [-0.05, 0) is 80.8 Å². The molecule has 1 N–H and O–H groups in total. The number of rotatable bonds is 8. The van der Waals surface area contributed by atoms with Crippen molar-refractivity contribution in [3.8, 4) is 17.2 Å². The fourth-order valence-electron chi connectivity index (χ4n) is 4.54.